The first-order chi connectivity index (χ1) is 12.1. The fourth-order valence-electron chi connectivity index (χ4n) is 2.69. The van der Waals surface area contributed by atoms with E-state index in [4.69, 9.17) is 5.11 Å². The summed E-state index contributed by atoms with van der Waals surface area (Å²) in [6.07, 6.45) is 18.2. The lowest BCUT2D eigenvalue weighted by Gasteiger charge is -2.01. The molecule has 0 bridgehead atoms. The van der Waals surface area contributed by atoms with Gasteiger partial charge in [-0.3, -0.25) is 0 Å². The summed E-state index contributed by atoms with van der Waals surface area (Å²) >= 11 is 0. The van der Waals surface area contributed by atoms with Crippen molar-refractivity contribution in [2.24, 2.45) is 0 Å². The molecule has 5 nitrogen and oxygen atoms in total. The van der Waals surface area contributed by atoms with E-state index in [1.54, 1.807) is 6.08 Å². The topological polar surface area (TPSA) is 90.3 Å². The van der Waals surface area contributed by atoms with Gasteiger partial charge in [0.2, 0.25) is 11.5 Å². The summed E-state index contributed by atoms with van der Waals surface area (Å²) in [5, 5.41) is 27.9. The van der Waals surface area contributed by atoms with Gasteiger partial charge < -0.3 is 20.1 Å². The van der Waals surface area contributed by atoms with Crippen LogP contribution in [0.3, 0.4) is 0 Å². The minimum Gasteiger partial charge on any atom is -0.504 e. The predicted molar refractivity (Wildman–Crippen MR) is 98.2 cm³/mol. The van der Waals surface area contributed by atoms with Crippen LogP contribution in [0.25, 0.3) is 0 Å². The number of hydrogen-bond acceptors (Lipinski definition) is 4. The van der Waals surface area contributed by atoms with Crippen LogP contribution in [0.2, 0.25) is 0 Å². The van der Waals surface area contributed by atoms with E-state index in [2.05, 4.69) is 11.7 Å². The van der Waals surface area contributed by atoms with E-state index in [-0.39, 0.29) is 17.3 Å². The fourth-order valence-corrected chi connectivity index (χ4v) is 2.69. The molecule has 0 saturated heterocycles. The molecule has 0 atom stereocenters. The van der Waals surface area contributed by atoms with Crippen molar-refractivity contribution in [1.29, 1.82) is 0 Å². The van der Waals surface area contributed by atoms with E-state index >= 15 is 0 Å². The Kier molecular flexibility index (Phi) is 10.5. The van der Waals surface area contributed by atoms with Crippen molar-refractivity contribution in [2.75, 3.05) is 0 Å². The highest BCUT2D eigenvalue weighted by Gasteiger charge is 2.36. The summed E-state index contributed by atoms with van der Waals surface area (Å²) in [6, 6.07) is 0. The highest BCUT2D eigenvalue weighted by molar-refractivity contribution is 5.89. The third-order valence-corrected chi connectivity index (χ3v) is 4.27. The molecule has 1 heterocycles. The predicted octanol–water partition coefficient (Wildman–Crippen LogP) is 5.90. The number of rotatable bonds is 15. The van der Waals surface area contributed by atoms with Gasteiger partial charge in [0.05, 0.1) is 0 Å². The Morgan fingerprint density at radius 3 is 1.84 bits per heavy atom. The molecular weight excluding hydrogens is 320 g/mol. The molecule has 0 radical (unpaired) electrons. The molecule has 0 amide bonds. The van der Waals surface area contributed by atoms with Gasteiger partial charge >= 0.3 is 5.97 Å². The maximum atomic E-state index is 10.6. The van der Waals surface area contributed by atoms with Crippen LogP contribution in [0, 0.1) is 0 Å². The third-order valence-electron chi connectivity index (χ3n) is 4.27. The monoisotopic (exact) mass is 352 g/mol. The number of unbranched alkanes of at least 4 members (excludes halogenated alkanes) is 11. The highest BCUT2D eigenvalue weighted by Crippen LogP contribution is 2.32. The van der Waals surface area contributed by atoms with Crippen molar-refractivity contribution in [3.63, 3.8) is 0 Å². The van der Waals surface area contributed by atoms with E-state index < -0.39 is 11.7 Å². The quantitative estimate of drug-likeness (QED) is 0.194. The van der Waals surface area contributed by atoms with Gasteiger partial charge in [-0.25, -0.2) is 4.79 Å². The molecule has 0 aliphatic carbocycles. The Hall–Kier alpha value is -1.91. The maximum Gasteiger partial charge on any atom is 0.375 e. The van der Waals surface area contributed by atoms with Gasteiger partial charge in [-0.2, -0.15) is 0 Å². The lowest BCUT2D eigenvalue weighted by molar-refractivity contribution is -0.133. The maximum absolute atomic E-state index is 10.6. The van der Waals surface area contributed by atoms with E-state index in [0.717, 1.165) is 19.3 Å². The molecule has 0 saturated carbocycles. The second-order valence-corrected chi connectivity index (χ2v) is 6.53. The number of allylic oxidation sites excluding steroid dienone is 2. The van der Waals surface area contributed by atoms with Crippen molar-refractivity contribution in [3.8, 4) is 0 Å². The Morgan fingerprint density at radius 1 is 0.840 bits per heavy atom. The van der Waals surface area contributed by atoms with E-state index in [1.165, 1.54) is 63.9 Å². The molecule has 0 fully saturated rings. The molecule has 25 heavy (non-hydrogen) atoms. The van der Waals surface area contributed by atoms with Crippen molar-refractivity contribution in [3.05, 3.63) is 35.2 Å². The minimum absolute atomic E-state index is 0.163. The minimum atomic E-state index is -1.25. The number of hydrogen-bond donors (Lipinski definition) is 3. The summed E-state index contributed by atoms with van der Waals surface area (Å²) in [5.41, 5.74) is 0. The van der Waals surface area contributed by atoms with Crippen LogP contribution in [-0.2, 0) is 9.53 Å². The molecule has 0 aromatic heterocycles. The molecule has 0 aromatic carbocycles. The largest absolute Gasteiger partial charge is 0.504 e. The Bertz CT molecular complexity index is 502. The molecule has 1 aliphatic rings. The zero-order valence-corrected chi connectivity index (χ0v) is 15.3. The summed E-state index contributed by atoms with van der Waals surface area (Å²) in [6.45, 7) is 2.24. The number of carbonyl (C=O) groups is 1. The van der Waals surface area contributed by atoms with Crippen LogP contribution in [0.15, 0.2) is 35.2 Å². The highest BCUT2D eigenvalue weighted by atomic mass is 16.6. The first-order valence-corrected chi connectivity index (χ1v) is 9.52. The van der Waals surface area contributed by atoms with E-state index in [0.29, 0.717) is 0 Å². The van der Waals surface area contributed by atoms with Gasteiger partial charge in [-0.05, 0) is 18.9 Å². The van der Waals surface area contributed by atoms with Crippen LogP contribution in [-0.4, -0.2) is 21.3 Å². The van der Waals surface area contributed by atoms with Crippen LogP contribution in [0.1, 0.15) is 84.0 Å². The zero-order chi connectivity index (χ0) is 18.5. The second kappa shape index (κ2) is 12.5. The van der Waals surface area contributed by atoms with Gasteiger partial charge in [0, 0.05) is 0 Å². The summed E-state index contributed by atoms with van der Waals surface area (Å²) in [4.78, 5) is 10.6. The number of aliphatic hydroxyl groups is 2. The van der Waals surface area contributed by atoms with Gasteiger partial charge in [0.1, 0.15) is 0 Å². The Labute approximate surface area is 150 Å². The molecule has 0 aromatic rings. The molecule has 142 valence electrons. The number of carboxylic acids is 1. The average molecular weight is 352 g/mol. The third kappa shape index (κ3) is 9.22. The fraction of sp³-hybridized carbons (Fsp3) is 0.650. The summed E-state index contributed by atoms with van der Waals surface area (Å²) in [7, 11) is 0. The van der Waals surface area contributed by atoms with Gasteiger partial charge in [-0.15, -0.1) is 0 Å². The molecule has 0 unspecified atom stereocenters. The Balaban J connectivity index is 2.01. The zero-order valence-electron chi connectivity index (χ0n) is 15.3. The smallest absolute Gasteiger partial charge is 0.375 e. The van der Waals surface area contributed by atoms with Crippen molar-refractivity contribution in [2.45, 2.75) is 84.0 Å². The van der Waals surface area contributed by atoms with Crippen molar-refractivity contribution < 1.29 is 24.9 Å². The molecule has 5 heteroatoms. The molecule has 3 N–H and O–H groups in total. The average Bonchev–Trinajstić information content (AvgIpc) is 3.39. The van der Waals surface area contributed by atoms with Gasteiger partial charge in [0.25, 0.3) is 5.76 Å². The number of aliphatic hydroxyl groups excluding tert-OH is 2. The number of aliphatic carboxylic acids is 1. The van der Waals surface area contributed by atoms with Crippen LogP contribution >= 0.6 is 0 Å². The number of ether oxygens (including phenoxy) is 1. The molecule has 1 aliphatic heterocycles. The molecule has 0 spiro atoms. The normalized spacial score (nSPS) is 14.6. The van der Waals surface area contributed by atoms with Crippen LogP contribution in [0.4, 0.5) is 0 Å². The Morgan fingerprint density at radius 2 is 1.36 bits per heavy atom. The number of carboxylic acid groups (broad SMARTS) is 1. The lowest BCUT2D eigenvalue weighted by atomic mass is 10.1. The SMILES string of the molecule is CCCCCCCCCCCCCC=CC(O)=C(O)C1=C(C(=O)O)O1. The molecule has 1 rings (SSSR count). The summed E-state index contributed by atoms with van der Waals surface area (Å²) in [5.74, 6) is -2.62. The second-order valence-electron chi connectivity index (χ2n) is 6.53. The van der Waals surface area contributed by atoms with Crippen molar-refractivity contribution in [1.82, 2.24) is 0 Å². The first kappa shape index (κ1) is 21.1. The van der Waals surface area contributed by atoms with Crippen LogP contribution in [0.5, 0.6) is 0 Å². The van der Waals surface area contributed by atoms with Crippen molar-refractivity contribution >= 4 is 5.97 Å². The van der Waals surface area contributed by atoms with Gasteiger partial charge in [-0.1, -0.05) is 77.2 Å². The van der Waals surface area contributed by atoms with Crippen LogP contribution < -0.4 is 0 Å². The van der Waals surface area contributed by atoms with Gasteiger partial charge in [0.15, 0.2) is 5.76 Å². The van der Waals surface area contributed by atoms with E-state index in [1.807, 2.05) is 0 Å². The standard InChI is InChI=1S/C20H32O5/c1-2-3-4-5-6-7-8-9-10-11-12-13-14-15-16(21)17(22)18-19(25-18)20(23)24/h14-15,21-22H,2-13H2,1H3,(H,23,24). The molecular formula is C20H32O5. The summed E-state index contributed by atoms with van der Waals surface area (Å²) < 4.78 is 4.61. The van der Waals surface area contributed by atoms with E-state index in [9.17, 15) is 15.0 Å². The lowest BCUT2D eigenvalue weighted by Crippen LogP contribution is -1.89. The first-order valence-electron chi connectivity index (χ1n) is 9.52.